The lowest BCUT2D eigenvalue weighted by Crippen LogP contribution is -2.39. The summed E-state index contributed by atoms with van der Waals surface area (Å²) in [5.74, 6) is 0.306. The first kappa shape index (κ1) is 24.1. The highest BCUT2D eigenvalue weighted by Crippen LogP contribution is 2.35. The Morgan fingerprint density at radius 3 is 2.60 bits per heavy atom. The molecule has 9 nitrogen and oxygen atoms in total. The van der Waals surface area contributed by atoms with E-state index in [1.54, 1.807) is 32.5 Å². The van der Waals surface area contributed by atoms with Crippen LogP contribution < -0.4 is 26.2 Å². The standard InChI is InChI=1S/C25H29FN6O3/c1-13-7-17(26)18(29-23(33)30-20-8-16(12-35-20)25(3,4)5)9-19(13)32-11-15-10-28-22(27-6)14(2)21(15)31-24(32)34/h7-10,12H,11H2,1-6H3,(H,27,28)(H,31,34)(H2,29,30,33). The second-order valence-corrected chi connectivity index (χ2v) is 9.55. The molecular formula is C25H29FN6O3. The maximum absolute atomic E-state index is 14.7. The molecule has 0 bridgehead atoms. The SMILES string of the molecule is CNc1ncc2c(c1C)NC(=O)N(c1cc(NC(=O)Nc3cc(C(C)(C)C)co3)c(F)cc1C)C2. The first-order chi connectivity index (χ1) is 16.5. The molecule has 4 amide bonds. The fourth-order valence-electron chi connectivity index (χ4n) is 3.93. The molecule has 1 aliphatic heterocycles. The van der Waals surface area contributed by atoms with Crippen molar-refractivity contribution in [2.24, 2.45) is 0 Å². The molecule has 10 heteroatoms. The Hall–Kier alpha value is -4.08. The molecule has 0 saturated heterocycles. The van der Waals surface area contributed by atoms with Crippen LogP contribution >= 0.6 is 0 Å². The molecule has 3 heterocycles. The highest BCUT2D eigenvalue weighted by atomic mass is 19.1. The topological polar surface area (TPSA) is 112 Å². The van der Waals surface area contributed by atoms with Crippen molar-refractivity contribution >= 4 is 40.8 Å². The Bertz CT molecular complexity index is 1310. The van der Waals surface area contributed by atoms with Crippen LogP contribution in [0.2, 0.25) is 0 Å². The summed E-state index contributed by atoms with van der Waals surface area (Å²) in [6.45, 7) is 9.90. The van der Waals surface area contributed by atoms with Crippen molar-refractivity contribution in [1.82, 2.24) is 4.98 Å². The number of urea groups is 2. The van der Waals surface area contributed by atoms with Crippen molar-refractivity contribution in [3.05, 3.63) is 58.7 Å². The predicted octanol–water partition coefficient (Wildman–Crippen LogP) is 5.97. The number of carbonyl (C=O) groups excluding carboxylic acids is 2. The van der Waals surface area contributed by atoms with Crippen LogP contribution in [0.15, 0.2) is 35.1 Å². The zero-order chi connectivity index (χ0) is 25.5. The third-order valence-electron chi connectivity index (χ3n) is 5.97. The molecule has 1 aliphatic rings. The van der Waals surface area contributed by atoms with Crippen molar-refractivity contribution in [1.29, 1.82) is 0 Å². The van der Waals surface area contributed by atoms with Crippen LogP contribution in [0.5, 0.6) is 0 Å². The number of hydrogen-bond acceptors (Lipinski definition) is 5. The summed E-state index contributed by atoms with van der Waals surface area (Å²) in [4.78, 5) is 31.4. The maximum Gasteiger partial charge on any atom is 0.326 e. The van der Waals surface area contributed by atoms with Gasteiger partial charge in [-0.05, 0) is 42.5 Å². The third-order valence-corrected chi connectivity index (χ3v) is 5.97. The van der Waals surface area contributed by atoms with Gasteiger partial charge < -0.3 is 20.4 Å². The van der Waals surface area contributed by atoms with E-state index in [9.17, 15) is 14.0 Å². The summed E-state index contributed by atoms with van der Waals surface area (Å²) < 4.78 is 20.1. The van der Waals surface area contributed by atoms with Crippen LogP contribution in [0.25, 0.3) is 0 Å². The summed E-state index contributed by atoms with van der Waals surface area (Å²) in [5.41, 5.74) is 4.08. The molecule has 4 rings (SSSR count). The number of anilines is 5. The van der Waals surface area contributed by atoms with Gasteiger partial charge in [0.2, 0.25) is 5.88 Å². The van der Waals surface area contributed by atoms with Gasteiger partial charge in [0, 0.05) is 30.4 Å². The Balaban J connectivity index is 1.56. The van der Waals surface area contributed by atoms with Crippen LogP contribution in [-0.4, -0.2) is 24.1 Å². The van der Waals surface area contributed by atoms with E-state index in [-0.39, 0.29) is 29.6 Å². The minimum atomic E-state index is -0.665. The van der Waals surface area contributed by atoms with Gasteiger partial charge in [0.15, 0.2) is 0 Å². The molecule has 3 aromatic rings. The van der Waals surface area contributed by atoms with Gasteiger partial charge in [0.05, 0.1) is 29.9 Å². The van der Waals surface area contributed by atoms with Gasteiger partial charge in [-0.2, -0.15) is 0 Å². The zero-order valence-electron chi connectivity index (χ0n) is 20.6. The molecule has 0 atom stereocenters. The van der Waals surface area contributed by atoms with Gasteiger partial charge in [-0.3, -0.25) is 10.2 Å². The van der Waals surface area contributed by atoms with E-state index in [1.165, 1.54) is 17.0 Å². The van der Waals surface area contributed by atoms with Gasteiger partial charge in [0.1, 0.15) is 11.6 Å². The molecule has 184 valence electrons. The summed E-state index contributed by atoms with van der Waals surface area (Å²) in [7, 11) is 1.76. The number of pyridine rings is 1. The number of amides is 4. The minimum Gasteiger partial charge on any atom is -0.448 e. The highest BCUT2D eigenvalue weighted by molar-refractivity contribution is 6.06. The van der Waals surface area contributed by atoms with Crippen LogP contribution in [0, 0.1) is 19.7 Å². The fourth-order valence-corrected chi connectivity index (χ4v) is 3.93. The predicted molar refractivity (Wildman–Crippen MR) is 135 cm³/mol. The molecule has 4 N–H and O–H groups in total. The quantitative estimate of drug-likeness (QED) is 0.368. The first-order valence-corrected chi connectivity index (χ1v) is 11.2. The monoisotopic (exact) mass is 480 g/mol. The van der Waals surface area contributed by atoms with Gasteiger partial charge in [0.25, 0.3) is 0 Å². The van der Waals surface area contributed by atoms with Crippen molar-refractivity contribution in [3.63, 3.8) is 0 Å². The highest BCUT2D eigenvalue weighted by Gasteiger charge is 2.28. The Morgan fingerprint density at radius 2 is 1.94 bits per heavy atom. The van der Waals surface area contributed by atoms with E-state index in [0.29, 0.717) is 22.8 Å². The van der Waals surface area contributed by atoms with E-state index in [1.807, 2.05) is 27.7 Å². The number of carbonyl (C=O) groups is 2. The number of benzene rings is 1. The summed E-state index contributed by atoms with van der Waals surface area (Å²) >= 11 is 0. The average Bonchev–Trinajstić information content (AvgIpc) is 3.25. The van der Waals surface area contributed by atoms with Crippen molar-refractivity contribution in [3.8, 4) is 0 Å². The number of furan rings is 1. The maximum atomic E-state index is 14.7. The molecule has 0 saturated carbocycles. The molecule has 2 aromatic heterocycles. The van der Waals surface area contributed by atoms with Gasteiger partial charge >= 0.3 is 12.1 Å². The van der Waals surface area contributed by atoms with E-state index in [0.717, 1.165) is 16.7 Å². The van der Waals surface area contributed by atoms with E-state index < -0.39 is 11.8 Å². The lowest BCUT2D eigenvalue weighted by atomic mass is 9.89. The van der Waals surface area contributed by atoms with Gasteiger partial charge in [-0.15, -0.1) is 0 Å². The van der Waals surface area contributed by atoms with E-state index >= 15 is 0 Å². The second kappa shape index (κ2) is 8.94. The number of halogens is 1. The van der Waals surface area contributed by atoms with Crippen LogP contribution in [-0.2, 0) is 12.0 Å². The number of fused-ring (bicyclic) bond motifs is 1. The zero-order valence-corrected chi connectivity index (χ0v) is 20.6. The molecule has 0 fully saturated rings. The molecule has 0 unspecified atom stereocenters. The summed E-state index contributed by atoms with van der Waals surface area (Å²) in [6, 6.07) is 3.43. The second-order valence-electron chi connectivity index (χ2n) is 9.55. The smallest absolute Gasteiger partial charge is 0.326 e. The van der Waals surface area contributed by atoms with Crippen LogP contribution in [0.3, 0.4) is 0 Å². The molecule has 0 aliphatic carbocycles. The average molecular weight is 481 g/mol. The Labute approximate surface area is 203 Å². The Kier molecular flexibility index (Phi) is 6.14. The number of aromatic nitrogens is 1. The molecule has 1 aromatic carbocycles. The first-order valence-electron chi connectivity index (χ1n) is 11.2. The number of aryl methyl sites for hydroxylation is 1. The van der Waals surface area contributed by atoms with Crippen molar-refractivity contribution < 1.29 is 18.4 Å². The van der Waals surface area contributed by atoms with Gasteiger partial charge in [-0.25, -0.2) is 19.0 Å². The summed E-state index contributed by atoms with van der Waals surface area (Å²) in [5, 5.41) is 11.0. The molecule has 35 heavy (non-hydrogen) atoms. The number of hydrogen-bond donors (Lipinski definition) is 4. The van der Waals surface area contributed by atoms with E-state index in [2.05, 4.69) is 26.3 Å². The van der Waals surface area contributed by atoms with Crippen LogP contribution in [0.1, 0.15) is 43.0 Å². The number of nitrogens with zero attached hydrogens (tertiary/aromatic N) is 2. The van der Waals surface area contributed by atoms with Crippen LogP contribution in [0.4, 0.5) is 42.7 Å². The molecule has 0 radical (unpaired) electrons. The lowest BCUT2D eigenvalue weighted by Gasteiger charge is -2.31. The molecule has 0 spiro atoms. The van der Waals surface area contributed by atoms with Crippen molar-refractivity contribution in [2.45, 2.75) is 46.6 Å². The third kappa shape index (κ3) is 4.77. The molecular weight excluding hydrogens is 451 g/mol. The van der Waals surface area contributed by atoms with Gasteiger partial charge in [-0.1, -0.05) is 20.8 Å². The number of nitrogens with one attached hydrogen (secondary N) is 4. The largest absolute Gasteiger partial charge is 0.448 e. The fraction of sp³-hybridized carbons (Fsp3) is 0.320. The normalized spacial score (nSPS) is 13.2. The minimum absolute atomic E-state index is 0.0656. The summed E-state index contributed by atoms with van der Waals surface area (Å²) in [6.07, 6.45) is 3.27. The Morgan fingerprint density at radius 1 is 1.20 bits per heavy atom. The lowest BCUT2D eigenvalue weighted by molar-refractivity contribution is 0.256. The van der Waals surface area contributed by atoms with E-state index in [4.69, 9.17) is 4.42 Å². The van der Waals surface area contributed by atoms with Crippen molar-refractivity contribution in [2.75, 3.05) is 33.2 Å². The number of rotatable bonds is 4.